The van der Waals surface area contributed by atoms with Crippen LogP contribution in [0.15, 0.2) is 0 Å². The van der Waals surface area contributed by atoms with Crippen molar-refractivity contribution < 1.29 is 14.3 Å². The van der Waals surface area contributed by atoms with Crippen molar-refractivity contribution in [3.63, 3.8) is 0 Å². The molecule has 0 spiro atoms. The monoisotopic (exact) mass is 188 g/mol. The van der Waals surface area contributed by atoms with Crippen LogP contribution in [-0.4, -0.2) is 24.3 Å². The van der Waals surface area contributed by atoms with Gasteiger partial charge in [-0.05, 0) is 34.1 Å². The standard InChI is InChI=1S/C10H20O3/c1-6-10(4,5)13-8(3)9(11)12-7-2/h8H,6-7H2,1-5H3/t8-/m0/s1. The predicted molar refractivity (Wildman–Crippen MR) is 51.6 cm³/mol. The molecule has 78 valence electrons. The van der Waals surface area contributed by atoms with Gasteiger partial charge in [-0.2, -0.15) is 0 Å². The molecule has 0 aliphatic heterocycles. The first-order valence-electron chi connectivity index (χ1n) is 4.77. The van der Waals surface area contributed by atoms with Crippen LogP contribution in [0.5, 0.6) is 0 Å². The number of hydrogen-bond donors (Lipinski definition) is 0. The van der Waals surface area contributed by atoms with Gasteiger partial charge in [0.1, 0.15) is 0 Å². The molecule has 0 saturated carbocycles. The summed E-state index contributed by atoms with van der Waals surface area (Å²) in [6, 6.07) is 0. The van der Waals surface area contributed by atoms with Gasteiger partial charge in [-0.15, -0.1) is 0 Å². The van der Waals surface area contributed by atoms with Crippen molar-refractivity contribution in [2.75, 3.05) is 6.61 Å². The number of esters is 1. The molecule has 0 fully saturated rings. The van der Waals surface area contributed by atoms with Crippen LogP contribution in [0.4, 0.5) is 0 Å². The average molecular weight is 188 g/mol. The number of ether oxygens (including phenoxy) is 2. The summed E-state index contributed by atoms with van der Waals surface area (Å²) in [6.45, 7) is 9.85. The third-order valence-corrected chi connectivity index (χ3v) is 1.97. The molecule has 0 heterocycles. The van der Waals surface area contributed by atoms with Gasteiger partial charge >= 0.3 is 5.97 Å². The van der Waals surface area contributed by atoms with E-state index in [1.54, 1.807) is 13.8 Å². The molecule has 0 N–H and O–H groups in total. The zero-order valence-corrected chi connectivity index (χ0v) is 9.22. The van der Waals surface area contributed by atoms with E-state index >= 15 is 0 Å². The fourth-order valence-corrected chi connectivity index (χ4v) is 0.870. The van der Waals surface area contributed by atoms with Gasteiger partial charge in [0.05, 0.1) is 12.2 Å². The Morgan fingerprint density at radius 2 is 1.92 bits per heavy atom. The van der Waals surface area contributed by atoms with Gasteiger partial charge in [0, 0.05) is 0 Å². The van der Waals surface area contributed by atoms with E-state index in [2.05, 4.69) is 0 Å². The smallest absolute Gasteiger partial charge is 0.334 e. The second-order valence-electron chi connectivity index (χ2n) is 3.63. The minimum absolute atomic E-state index is 0.258. The Balaban J connectivity index is 3.99. The van der Waals surface area contributed by atoms with Crippen molar-refractivity contribution in [2.24, 2.45) is 0 Å². The highest BCUT2D eigenvalue weighted by Crippen LogP contribution is 2.16. The van der Waals surface area contributed by atoms with Crippen LogP contribution in [-0.2, 0) is 14.3 Å². The Kier molecular flexibility index (Phi) is 4.99. The number of carbonyl (C=O) groups is 1. The summed E-state index contributed by atoms with van der Waals surface area (Å²) in [5.74, 6) is -0.288. The molecule has 3 nitrogen and oxygen atoms in total. The Bertz CT molecular complexity index is 164. The van der Waals surface area contributed by atoms with Crippen molar-refractivity contribution in [3.05, 3.63) is 0 Å². The Morgan fingerprint density at radius 1 is 1.38 bits per heavy atom. The normalized spacial score (nSPS) is 13.9. The molecule has 0 bridgehead atoms. The Morgan fingerprint density at radius 3 is 2.31 bits per heavy atom. The summed E-state index contributed by atoms with van der Waals surface area (Å²) in [5, 5.41) is 0. The quantitative estimate of drug-likeness (QED) is 0.620. The second kappa shape index (κ2) is 5.22. The van der Waals surface area contributed by atoms with Crippen LogP contribution in [0.1, 0.15) is 41.0 Å². The van der Waals surface area contributed by atoms with Crippen LogP contribution < -0.4 is 0 Å². The van der Waals surface area contributed by atoms with Gasteiger partial charge in [-0.3, -0.25) is 0 Å². The third-order valence-electron chi connectivity index (χ3n) is 1.97. The topological polar surface area (TPSA) is 35.5 Å². The zero-order chi connectivity index (χ0) is 10.5. The van der Waals surface area contributed by atoms with E-state index in [-0.39, 0.29) is 11.6 Å². The van der Waals surface area contributed by atoms with Crippen LogP contribution in [0.3, 0.4) is 0 Å². The van der Waals surface area contributed by atoms with Gasteiger partial charge in [-0.25, -0.2) is 4.79 Å². The van der Waals surface area contributed by atoms with E-state index in [1.165, 1.54) is 0 Å². The maximum absolute atomic E-state index is 11.2. The molecule has 0 aliphatic rings. The van der Waals surface area contributed by atoms with Crippen molar-refractivity contribution in [1.29, 1.82) is 0 Å². The summed E-state index contributed by atoms with van der Waals surface area (Å²) < 4.78 is 10.4. The molecule has 0 aromatic rings. The second-order valence-corrected chi connectivity index (χ2v) is 3.63. The van der Waals surface area contributed by atoms with Crippen LogP contribution in [0.25, 0.3) is 0 Å². The largest absolute Gasteiger partial charge is 0.464 e. The van der Waals surface area contributed by atoms with E-state index in [0.29, 0.717) is 6.61 Å². The molecule has 0 aromatic heterocycles. The maximum atomic E-state index is 11.2. The lowest BCUT2D eigenvalue weighted by Gasteiger charge is -2.26. The molecule has 0 aliphatic carbocycles. The SMILES string of the molecule is CCOC(=O)[C@H](C)OC(C)(C)CC. The molecule has 0 aromatic carbocycles. The molecule has 0 unspecified atom stereocenters. The lowest BCUT2D eigenvalue weighted by molar-refractivity contribution is -0.165. The van der Waals surface area contributed by atoms with E-state index in [0.717, 1.165) is 6.42 Å². The number of rotatable bonds is 5. The van der Waals surface area contributed by atoms with E-state index in [9.17, 15) is 4.79 Å². The molecule has 0 radical (unpaired) electrons. The van der Waals surface area contributed by atoms with E-state index in [1.807, 2.05) is 20.8 Å². The van der Waals surface area contributed by atoms with Gasteiger partial charge in [0.15, 0.2) is 6.10 Å². The van der Waals surface area contributed by atoms with Crippen LogP contribution in [0.2, 0.25) is 0 Å². The number of hydrogen-bond acceptors (Lipinski definition) is 3. The molecule has 13 heavy (non-hydrogen) atoms. The van der Waals surface area contributed by atoms with Gasteiger partial charge in [0.2, 0.25) is 0 Å². The minimum atomic E-state index is -0.477. The molecular weight excluding hydrogens is 168 g/mol. The lowest BCUT2D eigenvalue weighted by Crippen LogP contribution is -2.34. The van der Waals surface area contributed by atoms with Crippen LogP contribution >= 0.6 is 0 Å². The summed E-state index contributed by atoms with van der Waals surface area (Å²) in [7, 11) is 0. The van der Waals surface area contributed by atoms with Gasteiger partial charge in [-0.1, -0.05) is 6.92 Å². The molecule has 0 amide bonds. The minimum Gasteiger partial charge on any atom is -0.464 e. The summed E-state index contributed by atoms with van der Waals surface area (Å²) in [5.41, 5.74) is -0.258. The Hall–Kier alpha value is -0.570. The molecule has 3 heteroatoms. The van der Waals surface area contributed by atoms with Crippen molar-refractivity contribution in [3.8, 4) is 0 Å². The van der Waals surface area contributed by atoms with Crippen LogP contribution in [0, 0.1) is 0 Å². The fraction of sp³-hybridized carbons (Fsp3) is 0.900. The Labute approximate surface area is 80.4 Å². The first-order valence-corrected chi connectivity index (χ1v) is 4.77. The first kappa shape index (κ1) is 12.4. The van der Waals surface area contributed by atoms with Gasteiger partial charge in [0.25, 0.3) is 0 Å². The highest BCUT2D eigenvalue weighted by Gasteiger charge is 2.24. The lowest BCUT2D eigenvalue weighted by atomic mass is 10.1. The average Bonchev–Trinajstić information content (AvgIpc) is 2.04. The van der Waals surface area contributed by atoms with Crippen molar-refractivity contribution in [2.45, 2.75) is 52.7 Å². The van der Waals surface area contributed by atoms with Crippen molar-refractivity contribution in [1.82, 2.24) is 0 Å². The maximum Gasteiger partial charge on any atom is 0.334 e. The fourth-order valence-electron chi connectivity index (χ4n) is 0.870. The summed E-state index contributed by atoms with van der Waals surface area (Å²) >= 11 is 0. The number of carbonyl (C=O) groups excluding carboxylic acids is 1. The zero-order valence-electron chi connectivity index (χ0n) is 9.22. The van der Waals surface area contributed by atoms with E-state index in [4.69, 9.17) is 9.47 Å². The summed E-state index contributed by atoms with van der Waals surface area (Å²) in [4.78, 5) is 11.2. The molecular formula is C10H20O3. The molecule has 0 saturated heterocycles. The molecule has 1 atom stereocenters. The summed E-state index contributed by atoms with van der Waals surface area (Å²) in [6.07, 6.45) is 0.395. The third kappa shape index (κ3) is 4.88. The van der Waals surface area contributed by atoms with Crippen molar-refractivity contribution >= 4 is 5.97 Å². The first-order chi connectivity index (χ1) is 5.93. The highest BCUT2D eigenvalue weighted by atomic mass is 16.6. The van der Waals surface area contributed by atoms with E-state index < -0.39 is 6.10 Å². The molecule has 0 rings (SSSR count). The predicted octanol–water partition coefficient (Wildman–Crippen LogP) is 2.14. The van der Waals surface area contributed by atoms with Gasteiger partial charge < -0.3 is 9.47 Å². The highest BCUT2D eigenvalue weighted by molar-refractivity contribution is 5.74.